The minimum Gasteiger partial charge on any atom is -0.478 e. The summed E-state index contributed by atoms with van der Waals surface area (Å²) in [5.74, 6) is -1.89. The molecule has 1 unspecified atom stereocenters. The summed E-state index contributed by atoms with van der Waals surface area (Å²) in [6.07, 6.45) is -0.472. The maximum Gasteiger partial charge on any atom is 0.407 e. The molecule has 5 nitrogen and oxygen atoms in total. The summed E-state index contributed by atoms with van der Waals surface area (Å²) in [5, 5.41) is 12.5. The molecule has 3 aromatic carbocycles. The number of hydrogen-bond donors (Lipinski definition) is 1. The topological polar surface area (TPSA) is 71.3 Å². The first-order valence-electron chi connectivity index (χ1n) is 10.9. The molecule has 0 bridgehead atoms. The molecule has 1 amide bonds. The van der Waals surface area contributed by atoms with Crippen LogP contribution in [-0.2, 0) is 16.8 Å². The lowest BCUT2D eigenvalue weighted by Gasteiger charge is -2.30. The molecular formula is C27H23ClF2N2O3. The Hall–Kier alpha value is -3.63. The van der Waals surface area contributed by atoms with Crippen molar-refractivity contribution in [3.63, 3.8) is 0 Å². The normalized spacial score (nSPS) is 16.7. The largest absolute Gasteiger partial charge is 0.478 e. The highest BCUT2D eigenvalue weighted by Gasteiger charge is 2.44. The Morgan fingerprint density at radius 2 is 1.86 bits per heavy atom. The Kier molecular flexibility index (Phi) is 6.44. The van der Waals surface area contributed by atoms with Crippen LogP contribution in [0.1, 0.15) is 37.5 Å². The lowest BCUT2D eigenvalue weighted by atomic mass is 9.86. The van der Waals surface area contributed by atoms with Crippen molar-refractivity contribution in [3.05, 3.63) is 87.9 Å². The minimum atomic E-state index is -1.17. The number of carbonyl (C=O) groups excluding carboxylic acids is 1. The van der Waals surface area contributed by atoms with Crippen LogP contribution in [0.5, 0.6) is 5.75 Å². The molecule has 1 heterocycles. The molecule has 1 N–H and O–H groups in total. The van der Waals surface area contributed by atoms with Gasteiger partial charge in [-0.1, -0.05) is 41.9 Å². The number of alkyl carbamates (subject to hydrolysis) is 1. The Morgan fingerprint density at radius 3 is 2.51 bits per heavy atom. The van der Waals surface area contributed by atoms with Crippen LogP contribution in [0.15, 0.2) is 54.6 Å². The van der Waals surface area contributed by atoms with Gasteiger partial charge in [-0.25, -0.2) is 13.6 Å². The van der Waals surface area contributed by atoms with Crippen molar-refractivity contribution in [3.8, 4) is 22.9 Å². The van der Waals surface area contributed by atoms with Gasteiger partial charge in [-0.2, -0.15) is 5.26 Å². The Bertz CT molecular complexity index is 1330. The molecule has 1 aliphatic heterocycles. The van der Waals surface area contributed by atoms with E-state index >= 15 is 4.39 Å². The van der Waals surface area contributed by atoms with Crippen LogP contribution >= 0.6 is 11.6 Å². The number of nitrogens with one attached hydrogen (secondary N) is 1. The first-order chi connectivity index (χ1) is 16.5. The second kappa shape index (κ2) is 9.20. The van der Waals surface area contributed by atoms with Crippen LogP contribution < -0.4 is 10.1 Å². The second-order valence-electron chi connectivity index (χ2n) is 9.39. The highest BCUT2D eigenvalue weighted by atomic mass is 35.5. The zero-order chi connectivity index (χ0) is 25.4. The highest BCUT2D eigenvalue weighted by molar-refractivity contribution is 6.33. The second-order valence-corrected chi connectivity index (χ2v) is 9.79. The molecule has 180 valence electrons. The van der Waals surface area contributed by atoms with Crippen LogP contribution in [0.3, 0.4) is 0 Å². The van der Waals surface area contributed by atoms with Gasteiger partial charge in [0.05, 0.1) is 11.6 Å². The van der Waals surface area contributed by atoms with Crippen molar-refractivity contribution in [1.29, 1.82) is 5.26 Å². The van der Waals surface area contributed by atoms with E-state index in [1.807, 2.05) is 57.2 Å². The standard InChI is InChI=1S/C27H23ClF2N2O3/c1-26(2,3)32-25(33)34-15-27(17-7-5-4-6-8-17)13-18-21(35-27)12-10-19(28)23(18)22-16(14-31)9-11-20(29)24(22)30/h4-12H,13,15H2,1-3H3,(H,32,33). The smallest absolute Gasteiger partial charge is 0.407 e. The number of halogens is 3. The van der Waals surface area contributed by atoms with Gasteiger partial charge >= 0.3 is 6.09 Å². The molecule has 3 aromatic rings. The highest BCUT2D eigenvalue weighted by Crippen LogP contribution is 2.49. The quantitative estimate of drug-likeness (QED) is 0.447. The molecule has 1 atom stereocenters. The lowest BCUT2D eigenvalue weighted by molar-refractivity contribution is 0.0102. The lowest BCUT2D eigenvalue weighted by Crippen LogP contribution is -2.44. The first-order valence-corrected chi connectivity index (χ1v) is 11.3. The third-order valence-electron chi connectivity index (χ3n) is 5.67. The number of nitriles is 1. The molecule has 35 heavy (non-hydrogen) atoms. The summed E-state index contributed by atoms with van der Waals surface area (Å²) in [6, 6.07) is 16.3. The predicted octanol–water partition coefficient (Wildman–Crippen LogP) is 6.51. The number of carbonyl (C=O) groups is 1. The van der Waals surface area contributed by atoms with Crippen molar-refractivity contribution in [1.82, 2.24) is 5.32 Å². The minimum absolute atomic E-state index is 0.0581. The van der Waals surface area contributed by atoms with Gasteiger partial charge in [0.25, 0.3) is 0 Å². The van der Waals surface area contributed by atoms with Crippen LogP contribution in [0.4, 0.5) is 13.6 Å². The van der Waals surface area contributed by atoms with Crippen LogP contribution in [-0.4, -0.2) is 18.2 Å². The van der Waals surface area contributed by atoms with E-state index in [2.05, 4.69) is 5.32 Å². The van der Waals surface area contributed by atoms with E-state index in [0.717, 1.165) is 11.6 Å². The fraction of sp³-hybridized carbons (Fsp3) is 0.259. The van der Waals surface area contributed by atoms with E-state index in [9.17, 15) is 14.4 Å². The van der Waals surface area contributed by atoms with Crippen molar-refractivity contribution < 1.29 is 23.0 Å². The summed E-state index contributed by atoms with van der Waals surface area (Å²) >= 11 is 6.49. The summed E-state index contributed by atoms with van der Waals surface area (Å²) in [5.41, 5.74) is -0.543. The van der Waals surface area contributed by atoms with E-state index < -0.39 is 28.9 Å². The average Bonchev–Trinajstić information content (AvgIpc) is 3.20. The van der Waals surface area contributed by atoms with E-state index in [-0.39, 0.29) is 34.7 Å². The molecule has 1 aliphatic rings. The molecule has 0 radical (unpaired) electrons. The maximum atomic E-state index is 15.0. The Morgan fingerprint density at radius 1 is 1.14 bits per heavy atom. The molecule has 8 heteroatoms. The number of rotatable bonds is 4. The zero-order valence-electron chi connectivity index (χ0n) is 19.4. The first kappa shape index (κ1) is 24.5. The summed E-state index contributed by atoms with van der Waals surface area (Å²) in [7, 11) is 0. The summed E-state index contributed by atoms with van der Waals surface area (Å²) in [6.45, 7) is 5.34. The van der Waals surface area contributed by atoms with Crippen molar-refractivity contribution in [2.45, 2.75) is 38.3 Å². The Labute approximate surface area is 207 Å². The number of amides is 1. The van der Waals surface area contributed by atoms with Gasteiger partial charge in [-0.05, 0) is 50.6 Å². The number of ether oxygens (including phenoxy) is 2. The Balaban J connectivity index is 1.81. The summed E-state index contributed by atoms with van der Waals surface area (Å²) < 4.78 is 41.1. The number of hydrogen-bond acceptors (Lipinski definition) is 4. The van der Waals surface area contributed by atoms with Gasteiger partial charge in [0.1, 0.15) is 12.4 Å². The monoisotopic (exact) mass is 496 g/mol. The molecular weight excluding hydrogens is 474 g/mol. The third-order valence-corrected chi connectivity index (χ3v) is 5.98. The maximum absolute atomic E-state index is 15.0. The molecule has 0 saturated heterocycles. The zero-order valence-corrected chi connectivity index (χ0v) is 20.2. The molecule has 0 aliphatic carbocycles. The third kappa shape index (κ3) is 4.80. The fourth-order valence-corrected chi connectivity index (χ4v) is 4.42. The van der Waals surface area contributed by atoms with E-state index in [1.54, 1.807) is 6.07 Å². The number of benzene rings is 3. The molecule has 0 aromatic heterocycles. The van der Waals surface area contributed by atoms with Crippen molar-refractivity contribution in [2.24, 2.45) is 0 Å². The van der Waals surface area contributed by atoms with Gasteiger partial charge in [0, 0.05) is 33.7 Å². The number of nitrogens with zero attached hydrogens (tertiary/aromatic N) is 1. The van der Waals surface area contributed by atoms with Crippen molar-refractivity contribution >= 4 is 17.7 Å². The van der Waals surface area contributed by atoms with Crippen molar-refractivity contribution in [2.75, 3.05) is 6.61 Å². The summed E-state index contributed by atoms with van der Waals surface area (Å²) in [4.78, 5) is 12.4. The molecule has 0 fully saturated rings. The van der Waals surface area contributed by atoms with Gasteiger partial charge in [-0.15, -0.1) is 0 Å². The predicted molar refractivity (Wildman–Crippen MR) is 128 cm³/mol. The SMILES string of the molecule is CC(C)(C)NC(=O)OCC1(c2ccccc2)Cc2c(ccc(Cl)c2-c2c(C#N)ccc(F)c2F)O1. The fourth-order valence-electron chi connectivity index (χ4n) is 4.15. The molecule has 4 rings (SSSR count). The van der Waals surface area contributed by atoms with Crippen LogP contribution in [0.2, 0.25) is 5.02 Å². The van der Waals surface area contributed by atoms with E-state index in [0.29, 0.717) is 11.3 Å². The average molecular weight is 497 g/mol. The number of fused-ring (bicyclic) bond motifs is 1. The van der Waals surface area contributed by atoms with Gasteiger partial charge < -0.3 is 14.8 Å². The van der Waals surface area contributed by atoms with E-state index in [1.165, 1.54) is 12.1 Å². The van der Waals surface area contributed by atoms with Crippen LogP contribution in [0, 0.1) is 23.0 Å². The van der Waals surface area contributed by atoms with Crippen LogP contribution in [0.25, 0.3) is 11.1 Å². The molecule has 0 saturated carbocycles. The van der Waals surface area contributed by atoms with E-state index in [4.69, 9.17) is 21.1 Å². The molecule has 0 spiro atoms. The van der Waals surface area contributed by atoms with Gasteiger partial charge in [0.15, 0.2) is 17.2 Å². The van der Waals surface area contributed by atoms with Gasteiger partial charge in [0.2, 0.25) is 0 Å². The van der Waals surface area contributed by atoms with Gasteiger partial charge in [-0.3, -0.25) is 0 Å².